The highest BCUT2D eigenvalue weighted by atomic mass is 16.4. The molecule has 0 aliphatic heterocycles. The summed E-state index contributed by atoms with van der Waals surface area (Å²) in [5.74, 6) is -1.31. The average molecular weight is 291 g/mol. The summed E-state index contributed by atoms with van der Waals surface area (Å²) in [7, 11) is 0. The molecular weight excluding hydrogens is 266 g/mol. The van der Waals surface area contributed by atoms with Gasteiger partial charge in [-0.05, 0) is 24.3 Å². The quantitative estimate of drug-likeness (QED) is 0.846. The summed E-state index contributed by atoms with van der Waals surface area (Å²) < 4.78 is 0. The highest BCUT2D eigenvalue weighted by Crippen LogP contribution is 2.23. The zero-order valence-electron chi connectivity index (χ0n) is 13.2. The Hall–Kier alpha value is -1.84. The van der Waals surface area contributed by atoms with Crippen LogP contribution in [0, 0.1) is 5.41 Å². The molecule has 2 unspecified atom stereocenters. The van der Waals surface area contributed by atoms with Crippen molar-refractivity contribution in [3.05, 3.63) is 35.9 Å². The molecule has 0 saturated carbocycles. The van der Waals surface area contributed by atoms with E-state index >= 15 is 0 Å². The molecule has 116 valence electrons. The fourth-order valence-corrected chi connectivity index (χ4v) is 2.34. The van der Waals surface area contributed by atoms with Gasteiger partial charge in [0.2, 0.25) is 5.91 Å². The molecule has 0 fully saturated rings. The number of hydrogen-bond acceptors (Lipinski definition) is 2. The van der Waals surface area contributed by atoms with Crippen molar-refractivity contribution < 1.29 is 14.7 Å². The highest BCUT2D eigenvalue weighted by Gasteiger charge is 2.25. The molecular formula is C17H25NO3. The SMILES string of the molecule is CC(C(=O)NC(CC(=O)O)CC(C)(C)C)c1ccccc1. The largest absolute Gasteiger partial charge is 0.481 e. The molecule has 4 heteroatoms. The third kappa shape index (κ3) is 6.43. The molecule has 1 aromatic rings. The van der Waals surface area contributed by atoms with Gasteiger partial charge in [0.1, 0.15) is 0 Å². The van der Waals surface area contributed by atoms with Gasteiger partial charge >= 0.3 is 5.97 Å². The molecule has 21 heavy (non-hydrogen) atoms. The fraction of sp³-hybridized carbons (Fsp3) is 0.529. The van der Waals surface area contributed by atoms with Gasteiger partial charge in [-0.2, -0.15) is 0 Å². The van der Waals surface area contributed by atoms with Crippen LogP contribution < -0.4 is 5.32 Å². The van der Waals surface area contributed by atoms with Gasteiger partial charge < -0.3 is 10.4 Å². The number of benzene rings is 1. The number of carboxylic acid groups (broad SMARTS) is 1. The number of carbonyl (C=O) groups excluding carboxylic acids is 1. The summed E-state index contributed by atoms with van der Waals surface area (Å²) in [4.78, 5) is 23.3. The number of carbonyl (C=O) groups is 2. The number of carboxylic acids is 1. The third-order valence-electron chi connectivity index (χ3n) is 3.32. The Morgan fingerprint density at radius 3 is 2.24 bits per heavy atom. The van der Waals surface area contributed by atoms with Gasteiger partial charge in [0.15, 0.2) is 0 Å². The molecule has 2 N–H and O–H groups in total. The van der Waals surface area contributed by atoms with E-state index in [1.807, 2.05) is 58.0 Å². The summed E-state index contributed by atoms with van der Waals surface area (Å²) in [6, 6.07) is 9.15. The van der Waals surface area contributed by atoms with Crippen LogP contribution >= 0.6 is 0 Å². The Morgan fingerprint density at radius 1 is 1.19 bits per heavy atom. The van der Waals surface area contributed by atoms with E-state index in [0.29, 0.717) is 6.42 Å². The van der Waals surface area contributed by atoms with Gasteiger partial charge in [-0.3, -0.25) is 9.59 Å². The lowest BCUT2D eigenvalue weighted by molar-refractivity contribution is -0.138. The molecule has 1 aromatic carbocycles. The summed E-state index contributed by atoms with van der Waals surface area (Å²) in [5, 5.41) is 11.9. The third-order valence-corrected chi connectivity index (χ3v) is 3.32. The maximum Gasteiger partial charge on any atom is 0.305 e. The minimum Gasteiger partial charge on any atom is -0.481 e. The molecule has 1 rings (SSSR count). The first-order valence-corrected chi connectivity index (χ1v) is 7.26. The van der Waals surface area contributed by atoms with E-state index < -0.39 is 5.97 Å². The van der Waals surface area contributed by atoms with Crippen LogP contribution in [0.5, 0.6) is 0 Å². The van der Waals surface area contributed by atoms with Crippen LogP contribution in [0.1, 0.15) is 52.0 Å². The standard InChI is InChI=1S/C17H25NO3/c1-12(13-8-6-5-7-9-13)16(21)18-14(10-15(19)20)11-17(2,3)4/h5-9,12,14H,10-11H2,1-4H3,(H,18,21)(H,19,20). The van der Waals surface area contributed by atoms with E-state index in [0.717, 1.165) is 5.56 Å². The van der Waals surface area contributed by atoms with E-state index in [1.165, 1.54) is 0 Å². The summed E-state index contributed by atoms with van der Waals surface area (Å²) >= 11 is 0. The Balaban J connectivity index is 2.73. The fourth-order valence-electron chi connectivity index (χ4n) is 2.34. The molecule has 0 spiro atoms. The van der Waals surface area contributed by atoms with Crippen molar-refractivity contribution in [2.45, 2.75) is 52.5 Å². The summed E-state index contributed by atoms with van der Waals surface area (Å²) in [6.45, 7) is 7.94. The lowest BCUT2D eigenvalue weighted by Crippen LogP contribution is -2.40. The summed E-state index contributed by atoms with van der Waals surface area (Å²) in [6.07, 6.45) is 0.580. The van der Waals surface area contributed by atoms with E-state index in [-0.39, 0.29) is 29.7 Å². The van der Waals surface area contributed by atoms with Crippen LogP contribution in [0.15, 0.2) is 30.3 Å². The minimum absolute atomic E-state index is 0.0383. The van der Waals surface area contributed by atoms with Crippen molar-refractivity contribution in [3.63, 3.8) is 0 Å². The topological polar surface area (TPSA) is 66.4 Å². The molecule has 0 radical (unpaired) electrons. The van der Waals surface area contributed by atoms with E-state index in [2.05, 4.69) is 5.32 Å². The normalized spacial score (nSPS) is 14.3. The predicted molar refractivity (Wildman–Crippen MR) is 83.1 cm³/mol. The molecule has 4 nitrogen and oxygen atoms in total. The predicted octanol–water partition coefficient (Wildman–Crippen LogP) is 3.19. The van der Waals surface area contributed by atoms with Crippen molar-refractivity contribution in [2.75, 3.05) is 0 Å². The van der Waals surface area contributed by atoms with Gasteiger partial charge in [0.05, 0.1) is 12.3 Å². The van der Waals surface area contributed by atoms with Crippen LogP contribution in [-0.2, 0) is 9.59 Å². The van der Waals surface area contributed by atoms with Crippen LogP contribution in [0.2, 0.25) is 0 Å². The second kappa shape index (κ2) is 7.25. The number of rotatable bonds is 6. The van der Waals surface area contributed by atoms with Crippen molar-refractivity contribution in [1.29, 1.82) is 0 Å². The molecule has 0 heterocycles. The van der Waals surface area contributed by atoms with Crippen LogP contribution in [0.4, 0.5) is 0 Å². The van der Waals surface area contributed by atoms with Gasteiger partial charge in [0, 0.05) is 6.04 Å². The summed E-state index contributed by atoms with van der Waals surface area (Å²) in [5.41, 5.74) is 0.892. The Bertz CT molecular complexity index is 477. The monoisotopic (exact) mass is 291 g/mol. The lowest BCUT2D eigenvalue weighted by Gasteiger charge is -2.27. The number of amides is 1. The average Bonchev–Trinajstić information content (AvgIpc) is 2.36. The Morgan fingerprint density at radius 2 is 1.76 bits per heavy atom. The number of aliphatic carboxylic acids is 1. The molecule has 0 aliphatic rings. The van der Waals surface area contributed by atoms with Crippen molar-refractivity contribution in [2.24, 2.45) is 5.41 Å². The van der Waals surface area contributed by atoms with Gasteiger partial charge in [-0.1, -0.05) is 51.1 Å². The van der Waals surface area contributed by atoms with Gasteiger partial charge in [-0.15, -0.1) is 0 Å². The van der Waals surface area contributed by atoms with Crippen molar-refractivity contribution in [1.82, 2.24) is 5.32 Å². The Kier molecular flexibility index (Phi) is 5.94. The molecule has 0 saturated heterocycles. The first-order valence-electron chi connectivity index (χ1n) is 7.26. The molecule has 0 bridgehead atoms. The van der Waals surface area contributed by atoms with Crippen molar-refractivity contribution in [3.8, 4) is 0 Å². The first-order chi connectivity index (χ1) is 9.69. The zero-order chi connectivity index (χ0) is 16.0. The van der Waals surface area contributed by atoms with Crippen LogP contribution in [0.3, 0.4) is 0 Å². The molecule has 0 aromatic heterocycles. The van der Waals surface area contributed by atoms with Crippen molar-refractivity contribution >= 4 is 11.9 Å². The van der Waals surface area contributed by atoms with Gasteiger partial charge in [0.25, 0.3) is 0 Å². The number of nitrogens with one attached hydrogen (secondary N) is 1. The van der Waals surface area contributed by atoms with Crippen LogP contribution in [0.25, 0.3) is 0 Å². The molecule has 2 atom stereocenters. The van der Waals surface area contributed by atoms with E-state index in [4.69, 9.17) is 5.11 Å². The van der Waals surface area contributed by atoms with Crippen LogP contribution in [-0.4, -0.2) is 23.0 Å². The lowest BCUT2D eigenvalue weighted by atomic mass is 9.86. The second-order valence-electron chi connectivity index (χ2n) is 6.70. The number of hydrogen-bond donors (Lipinski definition) is 2. The zero-order valence-corrected chi connectivity index (χ0v) is 13.2. The minimum atomic E-state index is -0.892. The first kappa shape index (κ1) is 17.2. The smallest absolute Gasteiger partial charge is 0.305 e. The van der Waals surface area contributed by atoms with Gasteiger partial charge in [-0.25, -0.2) is 0 Å². The van der Waals surface area contributed by atoms with E-state index in [9.17, 15) is 9.59 Å². The highest BCUT2D eigenvalue weighted by molar-refractivity contribution is 5.84. The maximum absolute atomic E-state index is 12.3. The Labute approximate surface area is 126 Å². The maximum atomic E-state index is 12.3. The molecule has 0 aliphatic carbocycles. The second-order valence-corrected chi connectivity index (χ2v) is 6.70. The molecule has 1 amide bonds. The van der Waals surface area contributed by atoms with E-state index in [1.54, 1.807) is 0 Å².